The molecule has 1 saturated carbocycles. The summed E-state index contributed by atoms with van der Waals surface area (Å²) >= 11 is 0. The zero-order valence-electron chi connectivity index (χ0n) is 11.1. The van der Waals surface area contributed by atoms with Gasteiger partial charge in [0.1, 0.15) is 6.61 Å². The number of benzene rings is 1. The molecule has 3 rings (SSSR count). The van der Waals surface area contributed by atoms with Crippen molar-refractivity contribution in [1.29, 1.82) is 0 Å². The van der Waals surface area contributed by atoms with Crippen LogP contribution in [0.4, 0.5) is 4.79 Å². The van der Waals surface area contributed by atoms with Crippen molar-refractivity contribution in [2.24, 2.45) is 11.8 Å². The van der Waals surface area contributed by atoms with Crippen LogP contribution in [-0.2, 0) is 16.1 Å². The standard InChI is InChI=1S/C15H17NO4/c17-14(18)11-6-7-16(13-8-12(11)13)15(19)20-9-10-4-2-1-3-5-10/h1-5,11-13H,6-9H2,(H,17,18). The second-order valence-electron chi connectivity index (χ2n) is 5.43. The third kappa shape index (κ3) is 2.48. The van der Waals surface area contributed by atoms with Crippen LogP contribution in [0.5, 0.6) is 0 Å². The molecule has 1 aromatic carbocycles. The molecule has 5 heteroatoms. The first-order chi connectivity index (χ1) is 9.66. The third-order valence-corrected chi connectivity index (χ3v) is 4.16. The summed E-state index contributed by atoms with van der Waals surface area (Å²) in [6, 6.07) is 9.59. The number of piperidine rings is 1. The van der Waals surface area contributed by atoms with Gasteiger partial charge in [-0.2, -0.15) is 0 Å². The van der Waals surface area contributed by atoms with Crippen LogP contribution in [0, 0.1) is 11.8 Å². The summed E-state index contributed by atoms with van der Waals surface area (Å²) in [4.78, 5) is 24.8. The molecule has 0 radical (unpaired) electrons. The summed E-state index contributed by atoms with van der Waals surface area (Å²) in [5.74, 6) is -0.918. The number of carbonyl (C=O) groups excluding carboxylic acids is 1. The van der Waals surface area contributed by atoms with Crippen LogP contribution in [0.15, 0.2) is 30.3 Å². The summed E-state index contributed by atoms with van der Waals surface area (Å²) in [6.45, 7) is 0.738. The Morgan fingerprint density at radius 2 is 2.05 bits per heavy atom. The lowest BCUT2D eigenvalue weighted by molar-refractivity contribution is -0.143. The van der Waals surface area contributed by atoms with Crippen molar-refractivity contribution in [1.82, 2.24) is 4.90 Å². The molecule has 1 saturated heterocycles. The molecule has 1 aromatic rings. The van der Waals surface area contributed by atoms with Crippen molar-refractivity contribution in [2.45, 2.75) is 25.5 Å². The summed E-state index contributed by atoms with van der Waals surface area (Å²) < 4.78 is 5.30. The van der Waals surface area contributed by atoms with E-state index in [2.05, 4.69) is 0 Å². The number of fused-ring (bicyclic) bond motifs is 1. The van der Waals surface area contributed by atoms with Crippen molar-refractivity contribution in [3.05, 3.63) is 35.9 Å². The minimum Gasteiger partial charge on any atom is -0.481 e. The van der Waals surface area contributed by atoms with E-state index in [1.54, 1.807) is 4.90 Å². The third-order valence-electron chi connectivity index (χ3n) is 4.16. The van der Waals surface area contributed by atoms with Gasteiger partial charge in [0, 0.05) is 12.6 Å². The average Bonchev–Trinajstić information content (AvgIpc) is 3.24. The van der Waals surface area contributed by atoms with E-state index in [0.29, 0.717) is 13.0 Å². The zero-order chi connectivity index (χ0) is 14.1. The van der Waals surface area contributed by atoms with E-state index >= 15 is 0 Å². The molecule has 20 heavy (non-hydrogen) atoms. The number of amides is 1. The molecule has 106 valence electrons. The van der Waals surface area contributed by atoms with Crippen molar-refractivity contribution in [3.63, 3.8) is 0 Å². The van der Waals surface area contributed by atoms with Crippen LogP contribution in [0.3, 0.4) is 0 Å². The normalized spacial score (nSPS) is 27.6. The fourth-order valence-corrected chi connectivity index (χ4v) is 2.98. The molecule has 3 atom stereocenters. The molecule has 0 spiro atoms. The van der Waals surface area contributed by atoms with Gasteiger partial charge >= 0.3 is 12.1 Å². The number of ether oxygens (including phenoxy) is 1. The van der Waals surface area contributed by atoms with Crippen LogP contribution in [0.25, 0.3) is 0 Å². The van der Waals surface area contributed by atoms with Gasteiger partial charge in [-0.1, -0.05) is 30.3 Å². The number of hydrogen-bond acceptors (Lipinski definition) is 3. The minimum absolute atomic E-state index is 0.0631. The maximum atomic E-state index is 12.0. The molecular weight excluding hydrogens is 258 g/mol. The Morgan fingerprint density at radius 1 is 1.30 bits per heavy atom. The van der Waals surface area contributed by atoms with E-state index in [9.17, 15) is 9.59 Å². The first-order valence-corrected chi connectivity index (χ1v) is 6.87. The van der Waals surface area contributed by atoms with Gasteiger partial charge in [-0.05, 0) is 24.3 Å². The summed E-state index contributed by atoms with van der Waals surface area (Å²) in [5, 5.41) is 9.08. The van der Waals surface area contributed by atoms with Crippen LogP contribution in [-0.4, -0.2) is 34.7 Å². The molecule has 3 unspecified atom stereocenters. The van der Waals surface area contributed by atoms with Crippen molar-refractivity contribution >= 4 is 12.1 Å². The lowest BCUT2D eigenvalue weighted by atomic mass is 9.96. The molecule has 2 fully saturated rings. The predicted molar refractivity (Wildman–Crippen MR) is 71.0 cm³/mol. The van der Waals surface area contributed by atoms with E-state index in [4.69, 9.17) is 9.84 Å². The largest absolute Gasteiger partial charge is 0.481 e. The highest BCUT2D eigenvalue weighted by Gasteiger charge is 2.54. The molecular formula is C15H17NO4. The molecule has 1 aliphatic carbocycles. The summed E-state index contributed by atoms with van der Waals surface area (Å²) in [6.07, 6.45) is 0.985. The Hall–Kier alpha value is -2.04. The minimum atomic E-state index is -0.741. The fourth-order valence-electron chi connectivity index (χ4n) is 2.98. The van der Waals surface area contributed by atoms with Gasteiger partial charge in [0.05, 0.1) is 5.92 Å². The molecule has 1 heterocycles. The monoisotopic (exact) mass is 275 g/mol. The number of aliphatic carboxylic acids is 1. The van der Waals surface area contributed by atoms with Gasteiger partial charge in [-0.15, -0.1) is 0 Å². The molecule has 0 aromatic heterocycles. The first-order valence-electron chi connectivity index (χ1n) is 6.87. The van der Waals surface area contributed by atoms with Crippen molar-refractivity contribution in [2.75, 3.05) is 6.54 Å². The van der Waals surface area contributed by atoms with Gasteiger partial charge in [0.15, 0.2) is 0 Å². The Balaban J connectivity index is 1.54. The molecule has 1 amide bonds. The highest BCUT2D eigenvalue weighted by molar-refractivity contribution is 5.74. The van der Waals surface area contributed by atoms with Gasteiger partial charge in [-0.3, -0.25) is 4.79 Å². The van der Waals surface area contributed by atoms with E-state index in [0.717, 1.165) is 12.0 Å². The Labute approximate surface area is 117 Å². The molecule has 1 aliphatic heterocycles. The van der Waals surface area contributed by atoms with Crippen LogP contribution >= 0.6 is 0 Å². The van der Waals surface area contributed by atoms with Crippen LogP contribution < -0.4 is 0 Å². The van der Waals surface area contributed by atoms with E-state index in [1.165, 1.54) is 0 Å². The zero-order valence-corrected chi connectivity index (χ0v) is 11.1. The maximum Gasteiger partial charge on any atom is 0.410 e. The quantitative estimate of drug-likeness (QED) is 0.917. The Kier molecular flexibility index (Phi) is 3.34. The SMILES string of the molecule is O=C(O)C1CCN(C(=O)OCc2ccccc2)C2CC12. The molecule has 5 nitrogen and oxygen atoms in total. The van der Waals surface area contributed by atoms with Gasteiger partial charge in [0.25, 0.3) is 0 Å². The fraction of sp³-hybridized carbons (Fsp3) is 0.467. The van der Waals surface area contributed by atoms with Crippen molar-refractivity contribution in [3.8, 4) is 0 Å². The van der Waals surface area contributed by atoms with Crippen LogP contribution in [0.2, 0.25) is 0 Å². The Bertz CT molecular complexity index is 516. The highest BCUT2D eigenvalue weighted by Crippen LogP contribution is 2.47. The maximum absolute atomic E-state index is 12.0. The van der Waals surface area contributed by atoms with Crippen molar-refractivity contribution < 1.29 is 19.4 Å². The molecule has 0 bridgehead atoms. The number of carboxylic acid groups (broad SMARTS) is 1. The van der Waals surface area contributed by atoms with E-state index in [-0.39, 0.29) is 30.6 Å². The van der Waals surface area contributed by atoms with Gasteiger partial charge < -0.3 is 14.7 Å². The number of likely N-dealkylation sites (tertiary alicyclic amines) is 1. The Morgan fingerprint density at radius 3 is 2.75 bits per heavy atom. The molecule has 1 N–H and O–H groups in total. The summed E-state index contributed by atoms with van der Waals surface area (Å²) in [7, 11) is 0. The van der Waals surface area contributed by atoms with E-state index in [1.807, 2.05) is 30.3 Å². The number of carbonyl (C=O) groups is 2. The second-order valence-corrected chi connectivity index (χ2v) is 5.43. The number of hydrogen-bond donors (Lipinski definition) is 1. The lowest BCUT2D eigenvalue weighted by Crippen LogP contribution is -2.41. The molecule has 2 aliphatic rings. The number of carboxylic acids is 1. The number of nitrogens with zero attached hydrogens (tertiary/aromatic N) is 1. The average molecular weight is 275 g/mol. The predicted octanol–water partition coefficient (Wildman–Crippen LogP) is 2.12. The number of rotatable bonds is 3. The second kappa shape index (κ2) is 5.15. The van der Waals surface area contributed by atoms with Crippen LogP contribution in [0.1, 0.15) is 18.4 Å². The van der Waals surface area contributed by atoms with Gasteiger partial charge in [-0.25, -0.2) is 4.79 Å². The lowest BCUT2D eigenvalue weighted by Gasteiger charge is -2.28. The first kappa shape index (κ1) is 13.0. The smallest absolute Gasteiger partial charge is 0.410 e. The summed E-state index contributed by atoms with van der Waals surface area (Å²) in [5.41, 5.74) is 0.952. The van der Waals surface area contributed by atoms with Gasteiger partial charge in [0.2, 0.25) is 0 Å². The topological polar surface area (TPSA) is 66.8 Å². The highest BCUT2D eigenvalue weighted by atomic mass is 16.6. The van der Waals surface area contributed by atoms with E-state index < -0.39 is 5.97 Å².